The third-order valence-electron chi connectivity index (χ3n) is 3.08. The van der Waals surface area contributed by atoms with Crippen LogP contribution < -0.4 is 5.32 Å². The molecule has 1 aromatic rings. The van der Waals surface area contributed by atoms with Gasteiger partial charge in [0.1, 0.15) is 0 Å². The van der Waals surface area contributed by atoms with Crippen LogP contribution in [-0.2, 0) is 6.42 Å². The largest absolute Gasteiger partial charge is 0.317 e. The molecule has 3 heteroatoms. The van der Waals surface area contributed by atoms with E-state index in [-0.39, 0.29) is 0 Å². The molecule has 0 radical (unpaired) electrons. The SMILES string of the molecule is CCNCC(CCCSC)Cc1ccc(Br)cc1. The van der Waals surface area contributed by atoms with Crippen molar-refractivity contribution < 1.29 is 0 Å². The highest BCUT2D eigenvalue weighted by Crippen LogP contribution is 2.17. The molecule has 0 saturated heterocycles. The Morgan fingerprint density at radius 2 is 2.00 bits per heavy atom. The maximum Gasteiger partial charge on any atom is 0.0175 e. The van der Waals surface area contributed by atoms with Crippen molar-refractivity contribution in [3.8, 4) is 0 Å². The first-order valence-corrected chi connectivity index (χ1v) is 8.89. The number of thioether (sulfide) groups is 1. The minimum absolute atomic E-state index is 0.762. The highest BCUT2D eigenvalue weighted by atomic mass is 79.9. The van der Waals surface area contributed by atoms with Gasteiger partial charge in [-0.3, -0.25) is 0 Å². The Hall–Kier alpha value is 0.01000. The average Bonchev–Trinajstić information content (AvgIpc) is 2.38. The van der Waals surface area contributed by atoms with Crippen molar-refractivity contribution in [2.45, 2.75) is 26.2 Å². The number of rotatable bonds is 9. The van der Waals surface area contributed by atoms with Gasteiger partial charge in [-0.2, -0.15) is 11.8 Å². The molecular formula is C15H24BrNS. The minimum atomic E-state index is 0.762. The molecule has 18 heavy (non-hydrogen) atoms. The Morgan fingerprint density at radius 1 is 1.28 bits per heavy atom. The fraction of sp³-hybridized carbons (Fsp3) is 0.600. The zero-order chi connectivity index (χ0) is 13.2. The van der Waals surface area contributed by atoms with Crippen LogP contribution in [0.15, 0.2) is 28.7 Å². The molecule has 1 rings (SSSR count). The van der Waals surface area contributed by atoms with Gasteiger partial charge in [0.2, 0.25) is 0 Å². The fourth-order valence-corrected chi connectivity index (χ4v) is 2.81. The zero-order valence-corrected chi connectivity index (χ0v) is 13.8. The Kier molecular flexibility index (Phi) is 8.82. The fourth-order valence-electron chi connectivity index (χ4n) is 2.09. The predicted octanol–water partition coefficient (Wildman–Crippen LogP) is 4.36. The Balaban J connectivity index is 2.45. The van der Waals surface area contributed by atoms with Crippen LogP contribution in [0, 0.1) is 5.92 Å². The van der Waals surface area contributed by atoms with Crippen LogP contribution in [0.2, 0.25) is 0 Å². The van der Waals surface area contributed by atoms with Crippen LogP contribution in [-0.4, -0.2) is 25.1 Å². The molecule has 0 aliphatic heterocycles. The molecular weight excluding hydrogens is 306 g/mol. The number of halogens is 1. The van der Waals surface area contributed by atoms with Crippen molar-refractivity contribution in [1.29, 1.82) is 0 Å². The highest BCUT2D eigenvalue weighted by Gasteiger charge is 2.09. The number of hydrogen-bond donors (Lipinski definition) is 1. The summed E-state index contributed by atoms with van der Waals surface area (Å²) >= 11 is 5.44. The van der Waals surface area contributed by atoms with Crippen LogP contribution in [0.1, 0.15) is 25.3 Å². The zero-order valence-electron chi connectivity index (χ0n) is 11.4. The normalized spacial score (nSPS) is 12.6. The molecule has 1 aromatic carbocycles. The lowest BCUT2D eigenvalue weighted by Gasteiger charge is -2.17. The number of hydrogen-bond acceptors (Lipinski definition) is 2. The molecule has 1 N–H and O–H groups in total. The average molecular weight is 330 g/mol. The third kappa shape index (κ3) is 6.81. The molecule has 0 spiro atoms. The first-order valence-electron chi connectivity index (χ1n) is 6.70. The van der Waals surface area contributed by atoms with E-state index in [1.165, 1.54) is 30.6 Å². The van der Waals surface area contributed by atoms with E-state index in [9.17, 15) is 0 Å². The van der Waals surface area contributed by atoms with E-state index in [0.29, 0.717) is 0 Å². The highest BCUT2D eigenvalue weighted by molar-refractivity contribution is 9.10. The standard InChI is InChI=1S/C15H24BrNS/c1-3-17-12-14(5-4-10-18-2)11-13-6-8-15(16)9-7-13/h6-9,14,17H,3-5,10-12H2,1-2H3. The summed E-state index contributed by atoms with van der Waals surface area (Å²) in [6.07, 6.45) is 6.03. The van der Waals surface area contributed by atoms with Gasteiger partial charge < -0.3 is 5.32 Å². The molecule has 0 aromatic heterocycles. The minimum Gasteiger partial charge on any atom is -0.317 e. The van der Waals surface area contributed by atoms with E-state index < -0.39 is 0 Å². The second kappa shape index (κ2) is 9.88. The summed E-state index contributed by atoms with van der Waals surface area (Å²) in [5, 5.41) is 3.49. The third-order valence-corrected chi connectivity index (χ3v) is 4.31. The molecule has 102 valence electrons. The van der Waals surface area contributed by atoms with Gasteiger partial charge in [0.05, 0.1) is 0 Å². The molecule has 0 saturated carbocycles. The van der Waals surface area contributed by atoms with E-state index in [1.54, 1.807) is 0 Å². The van der Waals surface area contributed by atoms with Crippen LogP contribution in [0.5, 0.6) is 0 Å². The lowest BCUT2D eigenvalue weighted by atomic mass is 9.95. The molecule has 0 fully saturated rings. The van der Waals surface area contributed by atoms with Crippen LogP contribution in [0.4, 0.5) is 0 Å². The molecule has 0 aliphatic carbocycles. The second-order valence-corrected chi connectivity index (χ2v) is 6.54. The summed E-state index contributed by atoms with van der Waals surface area (Å²) < 4.78 is 1.16. The van der Waals surface area contributed by atoms with Gasteiger partial charge in [0, 0.05) is 4.47 Å². The van der Waals surface area contributed by atoms with Crippen LogP contribution in [0.25, 0.3) is 0 Å². The molecule has 0 amide bonds. The van der Waals surface area contributed by atoms with Crippen LogP contribution in [0.3, 0.4) is 0 Å². The van der Waals surface area contributed by atoms with Gasteiger partial charge in [-0.05, 0) is 68.0 Å². The van der Waals surface area contributed by atoms with Gasteiger partial charge in [-0.25, -0.2) is 0 Å². The van der Waals surface area contributed by atoms with E-state index in [2.05, 4.69) is 58.7 Å². The summed E-state index contributed by atoms with van der Waals surface area (Å²) in [4.78, 5) is 0. The van der Waals surface area contributed by atoms with Gasteiger partial charge in [0.25, 0.3) is 0 Å². The quantitative estimate of drug-likeness (QED) is 0.675. The summed E-state index contributed by atoms with van der Waals surface area (Å²) in [6.45, 7) is 4.39. The number of benzene rings is 1. The monoisotopic (exact) mass is 329 g/mol. The van der Waals surface area contributed by atoms with Crippen LogP contribution >= 0.6 is 27.7 Å². The first kappa shape index (κ1) is 16.1. The van der Waals surface area contributed by atoms with Crippen molar-refractivity contribution in [3.05, 3.63) is 34.3 Å². The van der Waals surface area contributed by atoms with Crippen molar-refractivity contribution >= 4 is 27.7 Å². The Bertz CT molecular complexity index is 313. The molecule has 0 heterocycles. The Labute approximate surface area is 124 Å². The second-order valence-electron chi connectivity index (χ2n) is 4.64. The maximum absolute atomic E-state index is 3.49. The molecule has 1 atom stereocenters. The smallest absolute Gasteiger partial charge is 0.0175 e. The lowest BCUT2D eigenvalue weighted by molar-refractivity contribution is 0.446. The predicted molar refractivity (Wildman–Crippen MR) is 87.5 cm³/mol. The topological polar surface area (TPSA) is 12.0 Å². The van der Waals surface area contributed by atoms with Crippen molar-refractivity contribution in [2.24, 2.45) is 5.92 Å². The van der Waals surface area contributed by atoms with E-state index in [4.69, 9.17) is 0 Å². The summed E-state index contributed by atoms with van der Waals surface area (Å²) in [7, 11) is 0. The van der Waals surface area contributed by atoms with Gasteiger partial charge in [-0.15, -0.1) is 0 Å². The first-order chi connectivity index (χ1) is 8.76. The van der Waals surface area contributed by atoms with E-state index >= 15 is 0 Å². The van der Waals surface area contributed by atoms with Crippen molar-refractivity contribution in [2.75, 3.05) is 25.1 Å². The van der Waals surface area contributed by atoms with Gasteiger partial charge >= 0.3 is 0 Å². The molecule has 1 nitrogen and oxygen atoms in total. The van der Waals surface area contributed by atoms with Gasteiger partial charge in [-0.1, -0.05) is 35.0 Å². The summed E-state index contributed by atoms with van der Waals surface area (Å²) in [5.41, 5.74) is 1.45. The maximum atomic E-state index is 3.49. The molecule has 0 bridgehead atoms. The van der Waals surface area contributed by atoms with E-state index in [1.807, 2.05) is 11.8 Å². The number of nitrogens with one attached hydrogen (secondary N) is 1. The summed E-state index contributed by atoms with van der Waals surface area (Å²) in [6, 6.07) is 8.75. The molecule has 1 unspecified atom stereocenters. The summed E-state index contributed by atoms with van der Waals surface area (Å²) in [5.74, 6) is 2.04. The van der Waals surface area contributed by atoms with E-state index in [0.717, 1.165) is 23.5 Å². The van der Waals surface area contributed by atoms with Crippen molar-refractivity contribution in [1.82, 2.24) is 5.32 Å². The van der Waals surface area contributed by atoms with Gasteiger partial charge in [0.15, 0.2) is 0 Å². The molecule has 0 aliphatic rings. The van der Waals surface area contributed by atoms with Crippen molar-refractivity contribution in [3.63, 3.8) is 0 Å². The Morgan fingerprint density at radius 3 is 2.61 bits per heavy atom. The lowest BCUT2D eigenvalue weighted by Crippen LogP contribution is -2.24.